The highest BCUT2D eigenvalue weighted by Crippen LogP contribution is 2.39. The van der Waals surface area contributed by atoms with Crippen LogP contribution in [-0.4, -0.2) is 63.5 Å². The Morgan fingerprint density at radius 3 is 1.08 bits per heavy atom. The van der Waals surface area contributed by atoms with Crippen molar-refractivity contribution in [1.82, 2.24) is 4.90 Å². The minimum Gasteiger partial charge on any atom is -0.350 e. The lowest BCUT2D eigenvalue weighted by molar-refractivity contribution is -0.135. The lowest BCUT2D eigenvalue weighted by Gasteiger charge is -2.40. The summed E-state index contributed by atoms with van der Waals surface area (Å²) in [6, 6.07) is 0. The second-order valence-corrected chi connectivity index (χ2v) is 16.2. The van der Waals surface area contributed by atoms with Crippen LogP contribution in [0.1, 0.15) is 188 Å². The molecule has 4 atom stereocenters. The van der Waals surface area contributed by atoms with E-state index in [9.17, 15) is 0 Å². The van der Waals surface area contributed by atoms with Gasteiger partial charge < -0.3 is 23.8 Å². The van der Waals surface area contributed by atoms with E-state index >= 15 is 0 Å². The average Bonchev–Trinajstić information content (AvgIpc) is 3.82. The molecule has 0 aromatic rings. The van der Waals surface area contributed by atoms with Gasteiger partial charge in [0.15, 0.2) is 12.6 Å². The molecule has 4 unspecified atom stereocenters. The maximum Gasteiger partial charge on any atom is 0.158 e. The smallest absolute Gasteiger partial charge is 0.158 e. The van der Waals surface area contributed by atoms with Gasteiger partial charge in [0.1, 0.15) is 0 Å². The van der Waals surface area contributed by atoms with Gasteiger partial charge in [0.05, 0.1) is 25.4 Å². The Morgan fingerprint density at radius 2 is 0.769 bits per heavy atom. The minimum absolute atomic E-state index is 0.0190. The van der Waals surface area contributed by atoms with Gasteiger partial charge >= 0.3 is 0 Å². The molecule has 0 aliphatic carbocycles. The predicted octanol–water partition coefficient (Wildman–Crippen LogP) is 13.4. The van der Waals surface area contributed by atoms with E-state index < -0.39 is 0 Å². The van der Waals surface area contributed by atoms with Gasteiger partial charge in [0.2, 0.25) is 0 Å². The van der Waals surface area contributed by atoms with Crippen LogP contribution < -0.4 is 0 Å². The second kappa shape index (κ2) is 32.0. The normalized spacial score (nSPS) is 22.4. The van der Waals surface area contributed by atoms with E-state index in [1.807, 2.05) is 0 Å². The summed E-state index contributed by atoms with van der Waals surface area (Å²) < 4.78 is 25.6. The molecule has 0 amide bonds. The standard InChI is InChI=1S/C47H85NO4/c1-6-8-10-12-14-16-18-20-22-24-26-28-30-32-34-36-38-45-49-40-43(51-45)47(3,42-48(4)5)44-41-50-46(52-44)39-37-35-33-31-29-27-25-23-21-19-17-15-13-11-9-7-2/h14-17,26-29,43-46H,6-13,18-25,30-42H2,1-5H3/b16-14-,17-15-,28-26-,29-27-. The Labute approximate surface area is 323 Å². The molecule has 2 heterocycles. The first-order chi connectivity index (χ1) is 25.5. The number of hydrogen-bond acceptors (Lipinski definition) is 5. The summed E-state index contributed by atoms with van der Waals surface area (Å²) in [5.74, 6) is 0. The molecular weight excluding hydrogens is 643 g/mol. The van der Waals surface area contributed by atoms with E-state index in [0.29, 0.717) is 13.2 Å². The summed E-state index contributed by atoms with van der Waals surface area (Å²) in [4.78, 5) is 2.26. The van der Waals surface area contributed by atoms with Crippen LogP contribution in [0.15, 0.2) is 48.6 Å². The van der Waals surface area contributed by atoms with Crippen LogP contribution >= 0.6 is 0 Å². The highest BCUT2D eigenvalue weighted by Gasteiger charge is 2.50. The number of hydrogen-bond donors (Lipinski definition) is 0. The van der Waals surface area contributed by atoms with Crippen molar-refractivity contribution in [1.29, 1.82) is 0 Å². The van der Waals surface area contributed by atoms with Crippen molar-refractivity contribution >= 4 is 0 Å². The molecule has 2 aliphatic rings. The SMILES string of the molecule is CCCCC/C=C\CCCC/C=C\CCCCCC1OCC(C(C)(CN(C)C)C2COC(CCCCC/C=C\CCCC/C=C\CCCCC)O2)O1. The molecule has 0 saturated carbocycles. The van der Waals surface area contributed by atoms with Gasteiger partial charge in [-0.25, -0.2) is 0 Å². The fourth-order valence-electron chi connectivity index (χ4n) is 7.52. The fourth-order valence-corrected chi connectivity index (χ4v) is 7.52. The van der Waals surface area contributed by atoms with Gasteiger partial charge in [-0.3, -0.25) is 0 Å². The largest absolute Gasteiger partial charge is 0.350 e. The Balaban J connectivity index is 1.53. The van der Waals surface area contributed by atoms with Crippen LogP contribution in [0, 0.1) is 5.41 Å². The summed E-state index contributed by atoms with van der Waals surface area (Å²) >= 11 is 0. The zero-order valence-corrected chi connectivity index (χ0v) is 35.0. The van der Waals surface area contributed by atoms with Crippen LogP contribution in [0.3, 0.4) is 0 Å². The molecule has 0 aromatic carbocycles. The Bertz CT molecular complexity index is 860. The van der Waals surface area contributed by atoms with Crippen LogP contribution in [0.4, 0.5) is 0 Å². The highest BCUT2D eigenvalue weighted by atomic mass is 16.7. The fraction of sp³-hybridized carbons (Fsp3) is 0.830. The van der Waals surface area contributed by atoms with E-state index in [1.165, 1.54) is 141 Å². The van der Waals surface area contributed by atoms with Crippen molar-refractivity contribution in [2.45, 2.75) is 213 Å². The summed E-state index contributed by atoms with van der Waals surface area (Å²) in [5.41, 5.74) is -0.182. The zero-order valence-electron chi connectivity index (χ0n) is 35.0. The third kappa shape index (κ3) is 22.9. The van der Waals surface area contributed by atoms with Crippen molar-refractivity contribution in [2.24, 2.45) is 5.41 Å². The minimum atomic E-state index is -0.182. The first kappa shape index (κ1) is 46.9. The Kier molecular flexibility index (Phi) is 28.9. The van der Waals surface area contributed by atoms with Gasteiger partial charge in [-0.2, -0.15) is 0 Å². The van der Waals surface area contributed by atoms with Crippen LogP contribution in [0.5, 0.6) is 0 Å². The van der Waals surface area contributed by atoms with Crippen molar-refractivity contribution in [3.63, 3.8) is 0 Å². The summed E-state index contributed by atoms with van der Waals surface area (Å²) in [5, 5.41) is 0. The molecular formula is C47H85NO4. The van der Waals surface area contributed by atoms with Crippen LogP contribution in [0.2, 0.25) is 0 Å². The molecule has 0 spiro atoms. The number of unbranched alkanes of at least 4 members (excludes halogenated alkanes) is 18. The van der Waals surface area contributed by atoms with E-state index in [1.54, 1.807) is 0 Å². The lowest BCUT2D eigenvalue weighted by Crippen LogP contribution is -2.51. The lowest BCUT2D eigenvalue weighted by atomic mass is 9.78. The molecule has 0 N–H and O–H groups in total. The maximum absolute atomic E-state index is 6.58. The summed E-state index contributed by atoms with van der Waals surface area (Å²) in [6.07, 6.45) is 51.1. The molecule has 0 radical (unpaired) electrons. The number of ether oxygens (including phenoxy) is 4. The third-order valence-corrected chi connectivity index (χ3v) is 10.8. The van der Waals surface area contributed by atoms with E-state index in [-0.39, 0.29) is 30.2 Å². The number of nitrogens with zero attached hydrogens (tertiary/aromatic N) is 1. The average molecular weight is 728 g/mol. The van der Waals surface area contributed by atoms with Gasteiger partial charge in [-0.15, -0.1) is 0 Å². The van der Waals surface area contributed by atoms with Gasteiger partial charge in [0, 0.05) is 12.0 Å². The number of rotatable bonds is 34. The molecule has 5 heteroatoms. The van der Waals surface area contributed by atoms with E-state index in [2.05, 4.69) is 88.4 Å². The highest BCUT2D eigenvalue weighted by molar-refractivity contribution is 4.96. The first-order valence-electron chi connectivity index (χ1n) is 22.3. The Hall–Kier alpha value is -1.24. The van der Waals surface area contributed by atoms with Crippen molar-refractivity contribution < 1.29 is 18.9 Å². The molecule has 52 heavy (non-hydrogen) atoms. The van der Waals surface area contributed by atoms with E-state index in [0.717, 1.165) is 32.2 Å². The molecule has 0 aromatic heterocycles. The van der Waals surface area contributed by atoms with Crippen molar-refractivity contribution in [3.05, 3.63) is 48.6 Å². The summed E-state index contributed by atoms with van der Waals surface area (Å²) in [7, 11) is 4.28. The first-order valence-corrected chi connectivity index (χ1v) is 22.3. The second-order valence-electron chi connectivity index (χ2n) is 16.2. The molecule has 2 saturated heterocycles. The van der Waals surface area contributed by atoms with Crippen LogP contribution in [-0.2, 0) is 18.9 Å². The molecule has 0 bridgehead atoms. The van der Waals surface area contributed by atoms with Gasteiger partial charge in [-0.1, -0.05) is 108 Å². The molecule has 2 fully saturated rings. The third-order valence-electron chi connectivity index (χ3n) is 10.8. The van der Waals surface area contributed by atoms with Crippen LogP contribution in [0.25, 0.3) is 0 Å². The Morgan fingerprint density at radius 1 is 0.462 bits per heavy atom. The quantitative estimate of drug-likeness (QED) is 0.0487. The van der Waals surface area contributed by atoms with E-state index in [4.69, 9.17) is 18.9 Å². The zero-order chi connectivity index (χ0) is 37.4. The maximum atomic E-state index is 6.58. The topological polar surface area (TPSA) is 40.2 Å². The molecule has 2 rings (SSSR count). The molecule has 302 valence electrons. The predicted molar refractivity (Wildman–Crippen MR) is 224 cm³/mol. The van der Waals surface area contributed by atoms with Gasteiger partial charge in [0.25, 0.3) is 0 Å². The molecule has 5 nitrogen and oxygen atoms in total. The summed E-state index contributed by atoms with van der Waals surface area (Å²) in [6.45, 7) is 9.02. The number of allylic oxidation sites excluding steroid dienone is 8. The molecule has 2 aliphatic heterocycles. The van der Waals surface area contributed by atoms with Crippen molar-refractivity contribution in [2.75, 3.05) is 33.9 Å². The van der Waals surface area contributed by atoms with Crippen molar-refractivity contribution in [3.8, 4) is 0 Å². The van der Waals surface area contributed by atoms with Gasteiger partial charge in [-0.05, 0) is 143 Å². The monoisotopic (exact) mass is 728 g/mol.